The van der Waals surface area contributed by atoms with Crippen LogP contribution in [-0.2, 0) is 4.79 Å². The van der Waals surface area contributed by atoms with E-state index < -0.39 is 0 Å². The second-order valence-corrected chi connectivity index (χ2v) is 7.14. The van der Waals surface area contributed by atoms with E-state index in [0.29, 0.717) is 6.04 Å². The molecule has 1 aliphatic heterocycles. The highest BCUT2D eigenvalue weighted by Gasteiger charge is 2.38. The first-order valence-corrected chi connectivity index (χ1v) is 8.59. The molecule has 2 fully saturated rings. The summed E-state index contributed by atoms with van der Waals surface area (Å²) >= 11 is 0. The van der Waals surface area contributed by atoms with Gasteiger partial charge in [0.25, 0.3) is 0 Å². The number of carbonyl (C=O) groups is 1. The minimum Gasteiger partial charge on any atom is -0.352 e. The van der Waals surface area contributed by atoms with Crippen LogP contribution in [0.15, 0.2) is 0 Å². The molecule has 2 aliphatic rings. The van der Waals surface area contributed by atoms with Crippen LogP contribution in [0.5, 0.6) is 0 Å². The summed E-state index contributed by atoms with van der Waals surface area (Å²) in [6.45, 7) is 10.9. The molecule has 3 unspecified atom stereocenters. The Morgan fingerprint density at radius 2 is 1.95 bits per heavy atom. The molecular weight excluding hydrogens is 248 g/mol. The van der Waals surface area contributed by atoms with Crippen molar-refractivity contribution in [2.75, 3.05) is 13.1 Å². The van der Waals surface area contributed by atoms with Gasteiger partial charge in [-0.1, -0.05) is 34.1 Å². The van der Waals surface area contributed by atoms with E-state index >= 15 is 0 Å². The summed E-state index contributed by atoms with van der Waals surface area (Å²) in [5, 5.41) is 3.27. The molecule has 1 amide bonds. The lowest BCUT2D eigenvalue weighted by molar-refractivity contribution is -0.125. The zero-order valence-electron chi connectivity index (χ0n) is 13.7. The van der Waals surface area contributed by atoms with Gasteiger partial charge in [0.1, 0.15) is 0 Å². The van der Waals surface area contributed by atoms with Gasteiger partial charge in [-0.05, 0) is 37.5 Å². The Labute approximate surface area is 124 Å². The molecule has 1 saturated heterocycles. The van der Waals surface area contributed by atoms with Crippen molar-refractivity contribution >= 4 is 5.91 Å². The van der Waals surface area contributed by atoms with Gasteiger partial charge in [0.2, 0.25) is 5.91 Å². The van der Waals surface area contributed by atoms with Crippen molar-refractivity contribution in [3.05, 3.63) is 0 Å². The molecule has 3 atom stereocenters. The molecular formula is C17H32N2O. The number of hydrogen-bond acceptors (Lipinski definition) is 2. The quantitative estimate of drug-likeness (QED) is 0.811. The predicted octanol–water partition coefficient (Wildman–Crippen LogP) is 3.05. The maximum Gasteiger partial charge on any atom is 0.222 e. The SMILES string of the molecule is CCC1CC(NC(=O)C(C)C)CN(C(CC)C2CC2)C1. The number of nitrogens with one attached hydrogen (secondary N) is 1. The molecule has 0 aromatic carbocycles. The summed E-state index contributed by atoms with van der Waals surface area (Å²) in [4.78, 5) is 14.6. The van der Waals surface area contributed by atoms with Crippen LogP contribution >= 0.6 is 0 Å². The molecule has 116 valence electrons. The molecule has 1 saturated carbocycles. The Morgan fingerprint density at radius 1 is 1.25 bits per heavy atom. The molecule has 0 aromatic rings. The highest BCUT2D eigenvalue weighted by atomic mass is 16.1. The summed E-state index contributed by atoms with van der Waals surface area (Å²) in [5.41, 5.74) is 0. The topological polar surface area (TPSA) is 32.3 Å². The first-order chi connectivity index (χ1) is 9.55. The summed E-state index contributed by atoms with van der Waals surface area (Å²) in [6.07, 6.45) is 6.47. The lowest BCUT2D eigenvalue weighted by atomic mass is 9.89. The van der Waals surface area contributed by atoms with E-state index in [-0.39, 0.29) is 11.8 Å². The smallest absolute Gasteiger partial charge is 0.222 e. The van der Waals surface area contributed by atoms with Crippen LogP contribution in [0.25, 0.3) is 0 Å². The monoisotopic (exact) mass is 280 g/mol. The third kappa shape index (κ3) is 3.97. The Bertz CT molecular complexity index is 325. The first kappa shape index (κ1) is 15.8. The minimum absolute atomic E-state index is 0.0934. The molecule has 3 heteroatoms. The number of nitrogens with zero attached hydrogens (tertiary/aromatic N) is 1. The van der Waals surface area contributed by atoms with Crippen molar-refractivity contribution in [1.29, 1.82) is 0 Å². The van der Waals surface area contributed by atoms with E-state index in [1.54, 1.807) is 0 Å². The molecule has 1 heterocycles. The molecule has 20 heavy (non-hydrogen) atoms. The van der Waals surface area contributed by atoms with Crippen LogP contribution in [0, 0.1) is 17.8 Å². The van der Waals surface area contributed by atoms with Gasteiger partial charge in [-0.25, -0.2) is 0 Å². The molecule has 0 radical (unpaired) electrons. The van der Waals surface area contributed by atoms with Gasteiger partial charge in [0.15, 0.2) is 0 Å². The number of likely N-dealkylation sites (tertiary alicyclic amines) is 1. The van der Waals surface area contributed by atoms with Gasteiger partial charge >= 0.3 is 0 Å². The third-order valence-electron chi connectivity index (χ3n) is 5.07. The number of carbonyl (C=O) groups excluding carboxylic acids is 1. The zero-order chi connectivity index (χ0) is 14.7. The number of rotatable bonds is 6. The molecule has 1 aliphatic carbocycles. The van der Waals surface area contributed by atoms with Gasteiger partial charge in [0, 0.05) is 31.1 Å². The molecule has 1 N–H and O–H groups in total. The molecule has 0 spiro atoms. The predicted molar refractivity (Wildman–Crippen MR) is 83.5 cm³/mol. The maximum atomic E-state index is 12.0. The van der Waals surface area contributed by atoms with E-state index in [1.165, 1.54) is 32.2 Å². The van der Waals surface area contributed by atoms with Crippen molar-refractivity contribution in [3.8, 4) is 0 Å². The zero-order valence-corrected chi connectivity index (χ0v) is 13.7. The molecule has 3 nitrogen and oxygen atoms in total. The molecule has 2 rings (SSSR count). The van der Waals surface area contributed by atoms with Crippen molar-refractivity contribution in [2.45, 2.75) is 71.9 Å². The largest absolute Gasteiger partial charge is 0.352 e. The van der Waals surface area contributed by atoms with E-state index in [9.17, 15) is 4.79 Å². The third-order valence-corrected chi connectivity index (χ3v) is 5.07. The Kier molecular flexibility index (Phi) is 5.48. The number of piperidine rings is 1. The van der Waals surface area contributed by atoms with Crippen molar-refractivity contribution in [3.63, 3.8) is 0 Å². The lowest BCUT2D eigenvalue weighted by Crippen LogP contribution is -2.54. The highest BCUT2D eigenvalue weighted by Crippen LogP contribution is 2.38. The summed E-state index contributed by atoms with van der Waals surface area (Å²) < 4.78 is 0. The van der Waals surface area contributed by atoms with Crippen LogP contribution in [0.2, 0.25) is 0 Å². The maximum absolute atomic E-state index is 12.0. The average Bonchev–Trinajstić information content (AvgIpc) is 3.23. The van der Waals surface area contributed by atoms with E-state index in [1.807, 2.05) is 13.8 Å². The molecule has 0 aromatic heterocycles. The van der Waals surface area contributed by atoms with Crippen LogP contribution < -0.4 is 5.32 Å². The van der Waals surface area contributed by atoms with Crippen LogP contribution in [-0.4, -0.2) is 36.0 Å². The van der Waals surface area contributed by atoms with Crippen molar-refractivity contribution < 1.29 is 4.79 Å². The summed E-state index contributed by atoms with van der Waals surface area (Å²) in [6, 6.07) is 1.11. The summed E-state index contributed by atoms with van der Waals surface area (Å²) in [7, 11) is 0. The number of hydrogen-bond donors (Lipinski definition) is 1. The van der Waals surface area contributed by atoms with Crippen molar-refractivity contribution in [1.82, 2.24) is 10.2 Å². The normalized spacial score (nSPS) is 29.4. The Hall–Kier alpha value is -0.570. The summed E-state index contributed by atoms with van der Waals surface area (Å²) in [5.74, 6) is 1.98. The fraction of sp³-hybridized carbons (Fsp3) is 0.941. The van der Waals surface area contributed by atoms with E-state index in [4.69, 9.17) is 0 Å². The van der Waals surface area contributed by atoms with Crippen LogP contribution in [0.4, 0.5) is 0 Å². The van der Waals surface area contributed by atoms with Gasteiger partial charge in [-0.2, -0.15) is 0 Å². The average molecular weight is 280 g/mol. The van der Waals surface area contributed by atoms with Gasteiger partial charge in [-0.15, -0.1) is 0 Å². The minimum atomic E-state index is 0.0934. The standard InChI is InChI=1S/C17H32N2O/c1-5-13-9-15(18-17(20)12(3)4)11-19(10-13)16(6-2)14-7-8-14/h12-16H,5-11H2,1-4H3,(H,18,20). The second-order valence-electron chi connectivity index (χ2n) is 7.14. The Morgan fingerprint density at radius 3 is 2.45 bits per heavy atom. The second kappa shape index (κ2) is 6.93. The van der Waals surface area contributed by atoms with Crippen LogP contribution in [0.3, 0.4) is 0 Å². The number of amides is 1. The van der Waals surface area contributed by atoms with Crippen LogP contribution in [0.1, 0.15) is 59.8 Å². The highest BCUT2D eigenvalue weighted by molar-refractivity contribution is 5.78. The van der Waals surface area contributed by atoms with E-state index in [2.05, 4.69) is 24.1 Å². The van der Waals surface area contributed by atoms with Crippen molar-refractivity contribution in [2.24, 2.45) is 17.8 Å². The fourth-order valence-corrected chi connectivity index (χ4v) is 3.65. The van der Waals surface area contributed by atoms with Gasteiger partial charge in [-0.3, -0.25) is 9.69 Å². The van der Waals surface area contributed by atoms with Gasteiger partial charge in [0.05, 0.1) is 0 Å². The Balaban J connectivity index is 1.97. The van der Waals surface area contributed by atoms with Gasteiger partial charge < -0.3 is 5.32 Å². The lowest BCUT2D eigenvalue weighted by Gasteiger charge is -2.42. The fourth-order valence-electron chi connectivity index (χ4n) is 3.65. The molecule has 0 bridgehead atoms. The first-order valence-electron chi connectivity index (χ1n) is 8.59. The van der Waals surface area contributed by atoms with E-state index in [0.717, 1.165) is 30.8 Å².